The summed E-state index contributed by atoms with van der Waals surface area (Å²) < 4.78 is 0. The van der Waals surface area contributed by atoms with Crippen LogP contribution in [0.2, 0.25) is 0 Å². The maximum Gasteiger partial charge on any atom is 0.136 e. The van der Waals surface area contributed by atoms with Gasteiger partial charge in [-0.25, -0.2) is 0 Å². The summed E-state index contributed by atoms with van der Waals surface area (Å²) in [5.41, 5.74) is 0. The Balaban J connectivity index is 2.43. The molecule has 0 unspecified atom stereocenters. The maximum absolute atomic E-state index is 10.4. The molecule has 1 heteroatoms. The van der Waals surface area contributed by atoms with Gasteiger partial charge >= 0.3 is 0 Å². The predicted octanol–water partition coefficient (Wildman–Crippen LogP) is 1.23. The summed E-state index contributed by atoms with van der Waals surface area (Å²) in [6.45, 7) is 4.11. The number of hydrogen-bond donors (Lipinski definition) is 0. The number of carbonyl (C=O) groups is 1. The van der Waals surface area contributed by atoms with E-state index in [4.69, 9.17) is 0 Å². The first-order chi connectivity index (χ1) is 3.22. The van der Waals surface area contributed by atoms with Gasteiger partial charge < -0.3 is 0 Å². The van der Waals surface area contributed by atoms with Crippen molar-refractivity contribution in [3.63, 3.8) is 0 Å². The molecule has 1 nitrogen and oxygen atoms in total. The van der Waals surface area contributed by atoms with Gasteiger partial charge in [0, 0.05) is 12.3 Å². The fourth-order valence-electron chi connectivity index (χ4n) is 0.837. The van der Waals surface area contributed by atoms with Crippen LogP contribution in [0.25, 0.3) is 0 Å². The minimum Gasteiger partial charge on any atom is -0.299 e. The van der Waals surface area contributed by atoms with E-state index in [1.54, 1.807) is 0 Å². The zero-order valence-electron chi connectivity index (χ0n) is 4.77. The van der Waals surface area contributed by atoms with Crippen molar-refractivity contribution in [3.8, 4) is 0 Å². The number of hydrogen-bond acceptors (Lipinski definition) is 1. The second kappa shape index (κ2) is 1.32. The van der Waals surface area contributed by atoms with Gasteiger partial charge in [0.2, 0.25) is 0 Å². The summed E-state index contributed by atoms with van der Waals surface area (Å²) in [6, 6.07) is 0. The van der Waals surface area contributed by atoms with E-state index < -0.39 is 0 Å². The minimum atomic E-state index is 0.361. The molecule has 0 heterocycles. The molecule has 1 saturated carbocycles. The van der Waals surface area contributed by atoms with Crippen molar-refractivity contribution in [2.45, 2.75) is 20.3 Å². The molecule has 1 rings (SSSR count). The monoisotopic (exact) mass is 98.1 g/mol. The second-order valence-corrected chi connectivity index (χ2v) is 2.44. The van der Waals surface area contributed by atoms with Crippen LogP contribution >= 0.6 is 0 Å². The third kappa shape index (κ3) is 0.561. The van der Waals surface area contributed by atoms with E-state index in [0.29, 0.717) is 17.6 Å². The van der Waals surface area contributed by atoms with Crippen LogP contribution in [0, 0.1) is 11.8 Å². The van der Waals surface area contributed by atoms with Crippen molar-refractivity contribution in [2.75, 3.05) is 0 Å². The molecule has 0 aromatic rings. The van der Waals surface area contributed by atoms with Gasteiger partial charge in [0.25, 0.3) is 0 Å². The lowest BCUT2D eigenvalue weighted by Gasteiger charge is -2.27. The molecule has 0 aromatic carbocycles. The third-order valence-corrected chi connectivity index (χ3v) is 1.88. The zero-order chi connectivity index (χ0) is 5.44. The van der Waals surface area contributed by atoms with E-state index in [1.165, 1.54) is 0 Å². The summed E-state index contributed by atoms with van der Waals surface area (Å²) in [6.07, 6.45) is 0.821. The molecular formula is C6H10O. The van der Waals surface area contributed by atoms with Gasteiger partial charge in [-0.2, -0.15) is 0 Å². The van der Waals surface area contributed by atoms with Crippen molar-refractivity contribution in [3.05, 3.63) is 0 Å². The Bertz CT molecular complexity index is 96.4. The first-order valence-electron chi connectivity index (χ1n) is 2.74. The first kappa shape index (κ1) is 4.82. The Morgan fingerprint density at radius 2 is 2.14 bits per heavy atom. The van der Waals surface area contributed by atoms with E-state index in [2.05, 4.69) is 6.92 Å². The van der Waals surface area contributed by atoms with Gasteiger partial charge in [-0.1, -0.05) is 13.8 Å². The lowest BCUT2D eigenvalue weighted by atomic mass is 9.75. The van der Waals surface area contributed by atoms with Crippen LogP contribution in [-0.4, -0.2) is 5.78 Å². The highest BCUT2D eigenvalue weighted by Gasteiger charge is 2.31. The average molecular weight is 98.1 g/mol. The Morgan fingerprint density at radius 3 is 2.14 bits per heavy atom. The van der Waals surface area contributed by atoms with Crippen molar-refractivity contribution in [2.24, 2.45) is 11.8 Å². The highest BCUT2D eigenvalue weighted by Crippen LogP contribution is 2.28. The summed E-state index contributed by atoms with van der Waals surface area (Å²) >= 11 is 0. The molecule has 1 aliphatic carbocycles. The Labute approximate surface area is 43.7 Å². The molecule has 1 aliphatic rings. The fourth-order valence-corrected chi connectivity index (χ4v) is 0.837. The van der Waals surface area contributed by atoms with Crippen LogP contribution in [0.3, 0.4) is 0 Å². The summed E-state index contributed by atoms with van der Waals surface area (Å²) in [4.78, 5) is 10.4. The lowest BCUT2D eigenvalue weighted by molar-refractivity contribution is -0.132. The molecule has 0 aromatic heterocycles. The molecule has 0 spiro atoms. The van der Waals surface area contributed by atoms with Gasteiger partial charge in [0.15, 0.2) is 0 Å². The third-order valence-electron chi connectivity index (χ3n) is 1.88. The van der Waals surface area contributed by atoms with Gasteiger partial charge in [0.1, 0.15) is 5.78 Å². The topological polar surface area (TPSA) is 17.1 Å². The predicted molar refractivity (Wildman–Crippen MR) is 28.0 cm³/mol. The fraction of sp³-hybridized carbons (Fsp3) is 0.833. The van der Waals surface area contributed by atoms with Crippen molar-refractivity contribution in [1.29, 1.82) is 0 Å². The molecule has 0 aliphatic heterocycles. The van der Waals surface area contributed by atoms with E-state index in [9.17, 15) is 4.79 Å². The number of Topliss-reactive ketones (excluding diaryl/α,β-unsaturated/α-hetero) is 1. The van der Waals surface area contributed by atoms with Crippen LogP contribution in [0.5, 0.6) is 0 Å². The average Bonchev–Trinajstić information content (AvgIpc) is 1.68. The molecule has 0 bridgehead atoms. The highest BCUT2D eigenvalue weighted by atomic mass is 16.1. The van der Waals surface area contributed by atoms with Crippen LogP contribution in [0.4, 0.5) is 0 Å². The Morgan fingerprint density at radius 1 is 1.57 bits per heavy atom. The normalized spacial score (nSPS) is 40.6. The molecular weight excluding hydrogens is 88.1 g/mol. The Hall–Kier alpha value is -0.330. The summed E-state index contributed by atoms with van der Waals surface area (Å²) in [7, 11) is 0. The van der Waals surface area contributed by atoms with Crippen LogP contribution < -0.4 is 0 Å². The molecule has 7 heavy (non-hydrogen) atoms. The van der Waals surface area contributed by atoms with Crippen molar-refractivity contribution >= 4 is 5.78 Å². The minimum absolute atomic E-state index is 0.361. The number of carbonyl (C=O) groups excluding carboxylic acids is 1. The molecule has 0 saturated heterocycles. The number of ketones is 1. The van der Waals surface area contributed by atoms with Gasteiger partial charge in [-0.05, 0) is 5.92 Å². The quantitative estimate of drug-likeness (QED) is 0.445. The Kier molecular flexibility index (Phi) is 0.911. The van der Waals surface area contributed by atoms with E-state index >= 15 is 0 Å². The largest absolute Gasteiger partial charge is 0.299 e. The van der Waals surface area contributed by atoms with Crippen molar-refractivity contribution < 1.29 is 4.79 Å². The smallest absolute Gasteiger partial charge is 0.136 e. The summed E-state index contributed by atoms with van der Waals surface area (Å²) in [5.74, 6) is 1.46. The zero-order valence-corrected chi connectivity index (χ0v) is 4.77. The van der Waals surface area contributed by atoms with Gasteiger partial charge in [0.05, 0.1) is 0 Å². The van der Waals surface area contributed by atoms with Gasteiger partial charge in [-0.3, -0.25) is 4.79 Å². The molecule has 1 fully saturated rings. The summed E-state index contributed by atoms with van der Waals surface area (Å²) in [5, 5.41) is 0. The standard InChI is InChI=1S/C6H10O/c1-4-3-6(7)5(4)2/h4-5H,3H2,1-2H3/t4-,5+/m0/s1. The molecule has 0 amide bonds. The molecule has 2 atom stereocenters. The van der Waals surface area contributed by atoms with Crippen molar-refractivity contribution in [1.82, 2.24) is 0 Å². The molecule has 0 N–H and O–H groups in total. The number of rotatable bonds is 0. The van der Waals surface area contributed by atoms with Gasteiger partial charge in [-0.15, -0.1) is 0 Å². The highest BCUT2D eigenvalue weighted by molar-refractivity contribution is 5.86. The maximum atomic E-state index is 10.4. The van der Waals surface area contributed by atoms with E-state index in [0.717, 1.165) is 6.42 Å². The van der Waals surface area contributed by atoms with Crippen LogP contribution in [0.1, 0.15) is 20.3 Å². The lowest BCUT2D eigenvalue weighted by Crippen LogP contribution is -2.32. The van der Waals surface area contributed by atoms with E-state index in [1.807, 2.05) is 6.92 Å². The van der Waals surface area contributed by atoms with E-state index in [-0.39, 0.29) is 0 Å². The SMILES string of the molecule is C[C@H]1CC(=O)[C@@H]1C. The first-order valence-corrected chi connectivity index (χ1v) is 2.74. The van der Waals surface area contributed by atoms with Crippen LogP contribution in [0.15, 0.2) is 0 Å². The van der Waals surface area contributed by atoms with Crippen LogP contribution in [-0.2, 0) is 4.79 Å². The molecule has 40 valence electrons. The molecule has 0 radical (unpaired) electrons. The second-order valence-electron chi connectivity index (χ2n) is 2.44.